The summed E-state index contributed by atoms with van der Waals surface area (Å²) < 4.78 is 0. The molecule has 3 rings (SSSR count). The van der Waals surface area contributed by atoms with Gasteiger partial charge in [0.25, 0.3) is 0 Å². The molecular weight excluding hydrogens is 268 g/mol. The van der Waals surface area contributed by atoms with E-state index in [1.54, 1.807) is 0 Å². The summed E-state index contributed by atoms with van der Waals surface area (Å²) in [5.41, 5.74) is 2.64. The zero-order chi connectivity index (χ0) is 14.1. The molecule has 1 aromatic rings. The van der Waals surface area contributed by atoms with Crippen LogP contribution in [0.2, 0.25) is 0 Å². The summed E-state index contributed by atoms with van der Waals surface area (Å²) in [7, 11) is 0. The first-order valence-electron chi connectivity index (χ1n) is 7.39. The lowest BCUT2D eigenvalue weighted by molar-refractivity contribution is -0.135. The van der Waals surface area contributed by atoms with Gasteiger partial charge in [0, 0.05) is 30.1 Å². The van der Waals surface area contributed by atoms with Gasteiger partial charge in [-0.3, -0.25) is 4.79 Å². The van der Waals surface area contributed by atoms with Crippen molar-refractivity contribution in [3.63, 3.8) is 0 Å². The molecule has 2 heterocycles. The van der Waals surface area contributed by atoms with Gasteiger partial charge in [0.05, 0.1) is 6.04 Å². The fraction of sp³-hybridized carbons (Fsp3) is 0.562. The number of amides is 1. The van der Waals surface area contributed by atoms with Crippen LogP contribution in [-0.2, 0) is 17.8 Å². The third-order valence-electron chi connectivity index (χ3n) is 4.55. The van der Waals surface area contributed by atoms with Gasteiger partial charge in [-0.15, -0.1) is 0 Å². The molecule has 108 valence electrons. The molecule has 0 bridgehead atoms. The number of carbonyl (C=O) groups excluding carboxylic acids is 1. The van der Waals surface area contributed by atoms with Gasteiger partial charge in [-0.05, 0) is 24.5 Å². The predicted molar refractivity (Wildman–Crippen MR) is 83.9 cm³/mol. The second-order valence-corrected chi connectivity index (χ2v) is 7.24. The Bertz CT molecular complexity index is 505. The van der Waals surface area contributed by atoms with E-state index in [1.807, 2.05) is 11.8 Å². The number of nitrogens with one attached hydrogen (secondary N) is 1. The van der Waals surface area contributed by atoms with E-state index < -0.39 is 0 Å². The first-order valence-corrected chi connectivity index (χ1v) is 8.44. The number of carbonyl (C=O) groups is 1. The molecule has 2 unspecified atom stereocenters. The van der Waals surface area contributed by atoms with Crippen LogP contribution in [0.5, 0.6) is 0 Å². The maximum atomic E-state index is 12.8. The molecule has 1 amide bonds. The van der Waals surface area contributed by atoms with Gasteiger partial charge in [-0.25, -0.2) is 0 Å². The van der Waals surface area contributed by atoms with Crippen molar-refractivity contribution in [2.45, 2.75) is 44.1 Å². The number of fused-ring (bicyclic) bond motifs is 1. The molecule has 3 nitrogen and oxygen atoms in total. The van der Waals surface area contributed by atoms with Crippen molar-refractivity contribution in [1.82, 2.24) is 10.2 Å². The van der Waals surface area contributed by atoms with Gasteiger partial charge >= 0.3 is 0 Å². The summed E-state index contributed by atoms with van der Waals surface area (Å²) in [6.45, 7) is 6.08. The first-order chi connectivity index (χ1) is 9.66. The molecule has 2 aliphatic rings. The van der Waals surface area contributed by atoms with Crippen molar-refractivity contribution in [2.75, 3.05) is 12.3 Å². The van der Waals surface area contributed by atoms with Gasteiger partial charge < -0.3 is 10.2 Å². The molecule has 0 spiro atoms. The Labute approximate surface area is 125 Å². The van der Waals surface area contributed by atoms with Crippen molar-refractivity contribution in [3.05, 3.63) is 35.4 Å². The summed E-state index contributed by atoms with van der Waals surface area (Å²) in [5.74, 6) is 1.33. The molecule has 2 aliphatic heterocycles. The second-order valence-electron chi connectivity index (χ2n) is 5.75. The van der Waals surface area contributed by atoms with Crippen LogP contribution >= 0.6 is 11.8 Å². The van der Waals surface area contributed by atoms with E-state index in [0.29, 0.717) is 11.3 Å². The maximum absolute atomic E-state index is 12.8. The van der Waals surface area contributed by atoms with E-state index in [1.165, 1.54) is 11.1 Å². The van der Waals surface area contributed by atoms with Crippen LogP contribution in [0, 0.1) is 0 Å². The van der Waals surface area contributed by atoms with E-state index in [-0.39, 0.29) is 11.9 Å². The monoisotopic (exact) mass is 290 g/mol. The van der Waals surface area contributed by atoms with Gasteiger partial charge in [0.1, 0.15) is 0 Å². The minimum Gasteiger partial charge on any atom is -0.337 e. The van der Waals surface area contributed by atoms with Gasteiger partial charge in [-0.1, -0.05) is 31.2 Å². The van der Waals surface area contributed by atoms with Crippen LogP contribution in [0.1, 0.15) is 25.0 Å². The SMILES string of the molecule is CC1SCCN(C(=O)[C@H]2Cc3ccccc3CN2)C1C. The minimum absolute atomic E-state index is 0.0531. The molecule has 0 saturated carbocycles. The van der Waals surface area contributed by atoms with Crippen molar-refractivity contribution in [3.8, 4) is 0 Å². The Kier molecular flexibility index (Phi) is 4.03. The normalized spacial score (nSPS) is 29.9. The molecule has 1 saturated heterocycles. The second kappa shape index (κ2) is 5.78. The highest BCUT2D eigenvalue weighted by molar-refractivity contribution is 8.00. The highest BCUT2D eigenvalue weighted by Crippen LogP contribution is 2.26. The quantitative estimate of drug-likeness (QED) is 0.859. The number of thioether (sulfide) groups is 1. The average Bonchev–Trinajstić information content (AvgIpc) is 2.49. The Balaban J connectivity index is 1.72. The summed E-state index contributed by atoms with van der Waals surface area (Å²) in [6, 6.07) is 8.70. The minimum atomic E-state index is -0.0531. The molecule has 0 aromatic heterocycles. The van der Waals surface area contributed by atoms with Crippen molar-refractivity contribution in [2.24, 2.45) is 0 Å². The highest BCUT2D eigenvalue weighted by atomic mass is 32.2. The zero-order valence-electron chi connectivity index (χ0n) is 12.1. The number of hydrogen-bond acceptors (Lipinski definition) is 3. The highest BCUT2D eigenvalue weighted by Gasteiger charge is 2.34. The van der Waals surface area contributed by atoms with Crippen LogP contribution in [0.4, 0.5) is 0 Å². The van der Waals surface area contributed by atoms with Gasteiger partial charge in [0.2, 0.25) is 5.91 Å². The average molecular weight is 290 g/mol. The first kappa shape index (κ1) is 14.0. The molecule has 20 heavy (non-hydrogen) atoms. The molecule has 1 fully saturated rings. The van der Waals surface area contributed by atoms with E-state index in [9.17, 15) is 4.79 Å². The third kappa shape index (κ3) is 2.59. The largest absolute Gasteiger partial charge is 0.337 e. The van der Waals surface area contributed by atoms with E-state index in [0.717, 1.165) is 25.3 Å². The van der Waals surface area contributed by atoms with E-state index in [2.05, 4.69) is 48.3 Å². The predicted octanol–water partition coefficient (Wildman–Crippen LogP) is 2.05. The molecule has 4 heteroatoms. The van der Waals surface area contributed by atoms with Crippen LogP contribution < -0.4 is 5.32 Å². The Morgan fingerprint density at radius 3 is 2.85 bits per heavy atom. The fourth-order valence-corrected chi connectivity index (χ4v) is 4.17. The van der Waals surface area contributed by atoms with Gasteiger partial charge in [-0.2, -0.15) is 11.8 Å². The summed E-state index contributed by atoms with van der Waals surface area (Å²) in [6.07, 6.45) is 0.819. The Morgan fingerprint density at radius 2 is 2.05 bits per heavy atom. The van der Waals surface area contributed by atoms with Crippen LogP contribution in [0.3, 0.4) is 0 Å². The smallest absolute Gasteiger partial charge is 0.240 e. The van der Waals surface area contributed by atoms with Crippen molar-refractivity contribution < 1.29 is 4.79 Å². The van der Waals surface area contributed by atoms with Gasteiger partial charge in [0.15, 0.2) is 0 Å². The lowest BCUT2D eigenvalue weighted by Gasteiger charge is -2.40. The fourth-order valence-electron chi connectivity index (χ4n) is 3.07. The van der Waals surface area contributed by atoms with Crippen molar-refractivity contribution >= 4 is 17.7 Å². The molecule has 0 radical (unpaired) electrons. The third-order valence-corrected chi connectivity index (χ3v) is 5.88. The standard InChI is InChI=1S/C16H22N2OS/c1-11-12(2)20-8-7-18(11)16(19)15-9-13-5-3-4-6-14(13)10-17-15/h3-6,11-12,15,17H,7-10H2,1-2H3/t11?,12?,15-/m1/s1. The topological polar surface area (TPSA) is 32.3 Å². The summed E-state index contributed by atoms with van der Waals surface area (Å²) in [4.78, 5) is 14.8. The number of hydrogen-bond donors (Lipinski definition) is 1. The summed E-state index contributed by atoms with van der Waals surface area (Å²) in [5, 5.41) is 3.94. The van der Waals surface area contributed by atoms with Crippen molar-refractivity contribution in [1.29, 1.82) is 0 Å². The molecular formula is C16H22N2OS. The number of rotatable bonds is 1. The Hall–Kier alpha value is -1.00. The van der Waals surface area contributed by atoms with Crippen LogP contribution in [-0.4, -0.2) is 40.4 Å². The molecule has 0 aliphatic carbocycles. The van der Waals surface area contributed by atoms with Crippen LogP contribution in [0.25, 0.3) is 0 Å². The lowest BCUT2D eigenvalue weighted by Crippen LogP contribution is -2.56. The van der Waals surface area contributed by atoms with Crippen LogP contribution in [0.15, 0.2) is 24.3 Å². The van der Waals surface area contributed by atoms with E-state index >= 15 is 0 Å². The molecule has 1 N–H and O–H groups in total. The molecule has 1 aromatic carbocycles. The Morgan fingerprint density at radius 1 is 1.30 bits per heavy atom. The lowest BCUT2D eigenvalue weighted by atomic mass is 9.95. The van der Waals surface area contributed by atoms with E-state index in [4.69, 9.17) is 0 Å². The number of benzene rings is 1. The summed E-state index contributed by atoms with van der Waals surface area (Å²) >= 11 is 1.97. The number of nitrogens with zero attached hydrogens (tertiary/aromatic N) is 1. The zero-order valence-corrected chi connectivity index (χ0v) is 13.0. The molecule has 3 atom stereocenters. The maximum Gasteiger partial charge on any atom is 0.240 e.